The largest absolute Gasteiger partial charge is 0.490 e. The molecule has 1 unspecified atom stereocenters. The van der Waals surface area contributed by atoms with E-state index in [0.717, 1.165) is 23.0 Å². The minimum Gasteiger partial charge on any atom is -0.475 e. The van der Waals surface area contributed by atoms with E-state index in [1.54, 1.807) is 6.92 Å². The molecule has 12 heteroatoms. The van der Waals surface area contributed by atoms with Crippen molar-refractivity contribution in [3.05, 3.63) is 35.9 Å². The van der Waals surface area contributed by atoms with Gasteiger partial charge in [0, 0.05) is 14.5 Å². The minimum absolute atomic E-state index is 0.224. The molecule has 0 heterocycles. The van der Waals surface area contributed by atoms with Crippen LogP contribution < -0.4 is 5.84 Å². The number of hydrogen-bond acceptors (Lipinski definition) is 6. The number of hydrazine groups is 1. The number of aliphatic carboxylic acids is 1. The van der Waals surface area contributed by atoms with Crippen molar-refractivity contribution in [1.82, 2.24) is 5.01 Å². The first-order valence-corrected chi connectivity index (χ1v) is 17.0. The molecule has 39 heavy (non-hydrogen) atoms. The summed E-state index contributed by atoms with van der Waals surface area (Å²) in [6, 6.07) is 9.65. The summed E-state index contributed by atoms with van der Waals surface area (Å²) in [6.07, 6.45) is 1.62. The maximum absolute atomic E-state index is 13.0. The second kappa shape index (κ2) is 16.6. The van der Waals surface area contributed by atoms with E-state index in [0.29, 0.717) is 25.6 Å². The minimum atomic E-state index is -5.08. The summed E-state index contributed by atoms with van der Waals surface area (Å²) in [5, 5.41) is 8.19. The molecule has 2 atom stereocenters. The van der Waals surface area contributed by atoms with Gasteiger partial charge in [-0.2, -0.15) is 13.2 Å². The van der Waals surface area contributed by atoms with Gasteiger partial charge in [0.15, 0.2) is 6.04 Å². The zero-order valence-electron chi connectivity index (χ0n) is 23.3. The van der Waals surface area contributed by atoms with Crippen LogP contribution in [0.2, 0.25) is 25.7 Å². The molecule has 0 bridgehead atoms. The van der Waals surface area contributed by atoms with Crippen molar-refractivity contribution in [3.8, 4) is 0 Å². The molecule has 1 saturated carbocycles. The number of nitrogens with two attached hydrogens (primary N) is 1. The lowest BCUT2D eigenvalue weighted by molar-refractivity contribution is -0.192. The lowest BCUT2D eigenvalue weighted by Crippen LogP contribution is -2.55. The third-order valence-electron chi connectivity index (χ3n) is 6.46. The number of halogens is 3. The van der Waals surface area contributed by atoms with Gasteiger partial charge >= 0.3 is 18.1 Å². The normalized spacial score (nSPS) is 15.9. The number of carboxylic acid groups (broad SMARTS) is 1. The Morgan fingerprint density at radius 1 is 1.10 bits per heavy atom. The van der Waals surface area contributed by atoms with Gasteiger partial charge < -0.3 is 14.6 Å². The molecule has 222 valence electrons. The van der Waals surface area contributed by atoms with Crippen LogP contribution in [0.4, 0.5) is 13.2 Å². The van der Waals surface area contributed by atoms with Gasteiger partial charge in [-0.05, 0) is 30.9 Å². The standard InChI is InChI=1S/C25H42N2O4Si.C2HF3O2/c1-20(31-19-22-13-9-6-10-14-22)24(25(29)30-17-18-32(2,3)4)27(26)23(28)16-15-21-11-7-5-8-12-21;3-2(4,5)1(6)7/h6,9-10,13-14,20-21,24H,5,7-8,11-12,15-19,26H2,1-4H3;(H,6,7)/t20?,24-;/m0./s1. The second-order valence-electron chi connectivity index (χ2n) is 11.1. The molecular weight excluding hydrogens is 533 g/mol. The van der Waals surface area contributed by atoms with Crippen molar-refractivity contribution in [2.45, 2.75) is 102 Å². The predicted molar refractivity (Wildman–Crippen MR) is 144 cm³/mol. The van der Waals surface area contributed by atoms with Crippen LogP contribution in [0.1, 0.15) is 57.4 Å². The van der Waals surface area contributed by atoms with Crippen LogP contribution in [0, 0.1) is 5.92 Å². The molecule has 0 aromatic heterocycles. The zero-order valence-corrected chi connectivity index (χ0v) is 24.3. The highest BCUT2D eigenvalue weighted by Gasteiger charge is 2.38. The highest BCUT2D eigenvalue weighted by molar-refractivity contribution is 6.76. The van der Waals surface area contributed by atoms with Gasteiger partial charge in [0.2, 0.25) is 5.91 Å². The Bertz CT molecular complexity index is 890. The third-order valence-corrected chi connectivity index (χ3v) is 8.16. The van der Waals surface area contributed by atoms with Crippen LogP contribution in [-0.2, 0) is 30.5 Å². The van der Waals surface area contributed by atoms with Crippen molar-refractivity contribution in [2.75, 3.05) is 6.61 Å². The van der Waals surface area contributed by atoms with Gasteiger partial charge in [-0.1, -0.05) is 82.1 Å². The molecule has 1 fully saturated rings. The van der Waals surface area contributed by atoms with E-state index in [-0.39, 0.29) is 5.91 Å². The number of ether oxygens (including phenoxy) is 2. The van der Waals surface area contributed by atoms with Gasteiger partial charge in [-0.25, -0.2) is 15.4 Å². The molecule has 8 nitrogen and oxygen atoms in total. The van der Waals surface area contributed by atoms with E-state index in [2.05, 4.69) is 19.6 Å². The van der Waals surface area contributed by atoms with E-state index in [4.69, 9.17) is 25.2 Å². The summed E-state index contributed by atoms with van der Waals surface area (Å²) >= 11 is 0. The second-order valence-corrected chi connectivity index (χ2v) is 16.7. The van der Waals surface area contributed by atoms with E-state index >= 15 is 0 Å². The van der Waals surface area contributed by atoms with Crippen LogP contribution in [0.25, 0.3) is 0 Å². The molecule has 0 spiro atoms. The van der Waals surface area contributed by atoms with Crippen molar-refractivity contribution >= 4 is 25.9 Å². The number of esters is 1. The van der Waals surface area contributed by atoms with E-state index in [1.165, 1.54) is 32.1 Å². The summed E-state index contributed by atoms with van der Waals surface area (Å²) < 4.78 is 43.3. The number of nitrogens with zero attached hydrogens (tertiary/aromatic N) is 1. The summed E-state index contributed by atoms with van der Waals surface area (Å²) in [5.41, 5.74) is 0.998. The summed E-state index contributed by atoms with van der Waals surface area (Å²) in [7, 11) is -1.35. The molecule has 1 aliphatic rings. The van der Waals surface area contributed by atoms with E-state index in [9.17, 15) is 22.8 Å². The maximum atomic E-state index is 13.0. The number of carbonyl (C=O) groups excluding carboxylic acids is 2. The van der Waals surface area contributed by atoms with Crippen LogP contribution in [0.3, 0.4) is 0 Å². The van der Waals surface area contributed by atoms with Crippen molar-refractivity contribution in [1.29, 1.82) is 0 Å². The number of carbonyl (C=O) groups is 3. The fourth-order valence-corrected chi connectivity index (χ4v) is 4.77. The van der Waals surface area contributed by atoms with E-state index in [1.807, 2.05) is 30.3 Å². The molecule has 0 radical (unpaired) electrons. The number of rotatable bonds is 12. The average molecular weight is 577 g/mol. The predicted octanol–water partition coefficient (Wildman–Crippen LogP) is 5.54. The summed E-state index contributed by atoms with van der Waals surface area (Å²) in [6.45, 7) is 9.16. The Hall–Kier alpha value is -2.44. The fraction of sp³-hybridized carbons (Fsp3) is 0.667. The average Bonchev–Trinajstić information content (AvgIpc) is 2.86. The molecule has 0 saturated heterocycles. The monoisotopic (exact) mass is 576 g/mol. The zero-order chi connectivity index (χ0) is 29.6. The maximum Gasteiger partial charge on any atom is 0.490 e. The summed E-state index contributed by atoms with van der Waals surface area (Å²) in [5.74, 6) is 3.33. The Morgan fingerprint density at radius 3 is 2.18 bits per heavy atom. The number of amides is 1. The first-order valence-electron chi connectivity index (χ1n) is 13.3. The van der Waals surface area contributed by atoms with Crippen molar-refractivity contribution in [2.24, 2.45) is 11.8 Å². The van der Waals surface area contributed by atoms with Gasteiger partial charge in [-0.15, -0.1) is 0 Å². The molecule has 0 aliphatic heterocycles. The van der Waals surface area contributed by atoms with Crippen molar-refractivity contribution in [3.63, 3.8) is 0 Å². The Labute approximate surface area is 230 Å². The first kappa shape index (κ1) is 34.6. The van der Waals surface area contributed by atoms with Crippen LogP contribution in [0.5, 0.6) is 0 Å². The Kier molecular flexibility index (Phi) is 14.7. The lowest BCUT2D eigenvalue weighted by atomic mass is 9.86. The number of alkyl halides is 3. The first-order chi connectivity index (χ1) is 18.1. The van der Waals surface area contributed by atoms with Gasteiger partial charge in [0.25, 0.3) is 0 Å². The number of hydrogen-bond donors (Lipinski definition) is 2. The molecule has 2 rings (SSSR count). The number of benzene rings is 1. The molecular formula is C27H43F3N2O6Si. The topological polar surface area (TPSA) is 119 Å². The van der Waals surface area contributed by atoms with Crippen LogP contribution >= 0.6 is 0 Å². The van der Waals surface area contributed by atoms with Crippen molar-refractivity contribution < 1.29 is 42.1 Å². The van der Waals surface area contributed by atoms with Gasteiger partial charge in [-0.3, -0.25) is 9.80 Å². The highest BCUT2D eigenvalue weighted by Crippen LogP contribution is 2.27. The SMILES string of the molecule is CC(OCc1ccccc1)[C@@H](C(=O)OCC[Si](C)(C)C)N(N)C(=O)CCC1CCCCC1.O=C(O)C(F)(F)F. The number of carboxylic acids is 1. The molecule has 1 amide bonds. The third kappa shape index (κ3) is 14.5. The van der Waals surface area contributed by atoms with Gasteiger partial charge in [0.1, 0.15) is 0 Å². The Morgan fingerprint density at radius 2 is 1.67 bits per heavy atom. The fourth-order valence-electron chi connectivity index (χ4n) is 4.06. The van der Waals surface area contributed by atoms with Gasteiger partial charge in [0.05, 0.1) is 19.3 Å². The smallest absolute Gasteiger partial charge is 0.475 e. The van der Waals surface area contributed by atoms with E-state index < -0.39 is 38.3 Å². The lowest BCUT2D eigenvalue weighted by Gasteiger charge is -2.31. The molecule has 1 aliphatic carbocycles. The van der Waals surface area contributed by atoms with Crippen LogP contribution in [0.15, 0.2) is 30.3 Å². The highest BCUT2D eigenvalue weighted by atomic mass is 28.3. The molecule has 1 aromatic rings. The molecule has 3 N–H and O–H groups in total. The molecule has 1 aromatic carbocycles. The van der Waals surface area contributed by atoms with Crippen LogP contribution in [-0.4, -0.2) is 61.0 Å². The summed E-state index contributed by atoms with van der Waals surface area (Å²) in [4.78, 5) is 34.8. The quantitative estimate of drug-likeness (QED) is 0.110. The Balaban J connectivity index is 0.000000956.